The smallest absolute Gasteiger partial charge is 0.335 e. The van der Waals surface area contributed by atoms with Crippen molar-refractivity contribution in [3.05, 3.63) is 69.8 Å². The third-order valence-electron chi connectivity index (χ3n) is 3.53. The van der Waals surface area contributed by atoms with Crippen LogP contribution in [0.4, 0.5) is 0 Å². The molecule has 0 fully saturated rings. The van der Waals surface area contributed by atoms with Crippen LogP contribution >= 0.6 is 11.6 Å². The van der Waals surface area contributed by atoms with Crippen LogP contribution in [0, 0.1) is 6.92 Å². The van der Waals surface area contributed by atoms with Crippen molar-refractivity contribution in [1.29, 1.82) is 0 Å². The molecule has 0 spiro atoms. The summed E-state index contributed by atoms with van der Waals surface area (Å²) in [5, 5.41) is 9.81. The Bertz CT molecular complexity index is 742. The molecular formula is C17H13ClO3. The van der Waals surface area contributed by atoms with Gasteiger partial charge in [0.2, 0.25) is 0 Å². The Kier molecular flexibility index (Phi) is 3.43. The molecule has 1 aliphatic heterocycles. The number of hydrogen-bond acceptors (Lipinski definition) is 2. The average Bonchev–Trinajstić information content (AvgIpc) is 2.46. The minimum Gasteiger partial charge on any atom is -0.489 e. The molecule has 21 heavy (non-hydrogen) atoms. The van der Waals surface area contributed by atoms with Gasteiger partial charge in [0.1, 0.15) is 12.4 Å². The van der Waals surface area contributed by atoms with Gasteiger partial charge >= 0.3 is 5.97 Å². The molecule has 1 N–H and O–H groups in total. The molecule has 0 bridgehead atoms. The highest BCUT2D eigenvalue weighted by atomic mass is 35.5. The molecule has 2 aromatic rings. The van der Waals surface area contributed by atoms with E-state index in [0.29, 0.717) is 17.4 Å². The van der Waals surface area contributed by atoms with Crippen LogP contribution < -0.4 is 4.74 Å². The summed E-state index contributed by atoms with van der Waals surface area (Å²) in [6, 6.07) is 10.6. The van der Waals surface area contributed by atoms with E-state index >= 15 is 0 Å². The highest BCUT2D eigenvalue weighted by molar-refractivity contribution is 6.32. The molecule has 106 valence electrons. The van der Waals surface area contributed by atoms with Crippen molar-refractivity contribution < 1.29 is 14.6 Å². The van der Waals surface area contributed by atoms with Crippen LogP contribution in [0.5, 0.6) is 5.75 Å². The number of aryl methyl sites for hydroxylation is 1. The number of hydrogen-bond donors (Lipinski definition) is 1. The summed E-state index contributed by atoms with van der Waals surface area (Å²) in [5.74, 6) is -0.282. The fraction of sp³-hybridized carbons (Fsp3) is 0.118. The van der Waals surface area contributed by atoms with Crippen molar-refractivity contribution in [2.45, 2.75) is 6.92 Å². The molecule has 3 nitrogen and oxygen atoms in total. The SMILES string of the molecule is Cc1cccc(Cl)c1C1=CCOc2ccc(C(=O)O)cc21. The molecule has 0 unspecified atom stereocenters. The summed E-state index contributed by atoms with van der Waals surface area (Å²) in [4.78, 5) is 11.2. The minimum absolute atomic E-state index is 0.231. The van der Waals surface area contributed by atoms with Gasteiger partial charge in [-0.1, -0.05) is 23.7 Å². The fourth-order valence-corrected chi connectivity index (χ4v) is 2.86. The zero-order valence-electron chi connectivity index (χ0n) is 11.4. The molecule has 0 atom stereocenters. The first-order valence-electron chi connectivity index (χ1n) is 6.54. The molecule has 4 heteroatoms. The van der Waals surface area contributed by atoms with E-state index in [1.165, 1.54) is 0 Å². The van der Waals surface area contributed by atoms with Gasteiger partial charge in [-0.05, 0) is 48.4 Å². The molecule has 0 radical (unpaired) electrons. The Balaban J connectivity index is 2.21. The summed E-state index contributed by atoms with van der Waals surface area (Å²) < 4.78 is 5.58. The maximum Gasteiger partial charge on any atom is 0.335 e. The van der Waals surface area contributed by atoms with Crippen LogP contribution in [0.3, 0.4) is 0 Å². The molecule has 0 amide bonds. The largest absolute Gasteiger partial charge is 0.489 e. The highest BCUT2D eigenvalue weighted by Gasteiger charge is 2.20. The first kappa shape index (κ1) is 13.7. The topological polar surface area (TPSA) is 46.5 Å². The second-order valence-corrected chi connectivity index (χ2v) is 5.28. The van der Waals surface area contributed by atoms with E-state index in [1.54, 1.807) is 18.2 Å². The zero-order valence-corrected chi connectivity index (χ0v) is 12.1. The van der Waals surface area contributed by atoms with Crippen LogP contribution in [-0.4, -0.2) is 17.7 Å². The number of halogens is 1. The van der Waals surface area contributed by atoms with Crippen molar-refractivity contribution in [3.8, 4) is 5.75 Å². The van der Waals surface area contributed by atoms with E-state index in [2.05, 4.69) is 0 Å². The van der Waals surface area contributed by atoms with E-state index in [0.717, 1.165) is 22.3 Å². The molecule has 3 rings (SSSR count). The van der Waals surface area contributed by atoms with Gasteiger partial charge in [0.15, 0.2) is 0 Å². The van der Waals surface area contributed by atoms with Gasteiger partial charge < -0.3 is 9.84 Å². The van der Waals surface area contributed by atoms with Crippen molar-refractivity contribution in [3.63, 3.8) is 0 Å². The number of rotatable bonds is 2. The van der Waals surface area contributed by atoms with Crippen LogP contribution in [0.2, 0.25) is 5.02 Å². The Labute approximate surface area is 127 Å². The quantitative estimate of drug-likeness (QED) is 0.905. The molecule has 0 saturated heterocycles. The van der Waals surface area contributed by atoms with Gasteiger partial charge in [-0.15, -0.1) is 0 Å². The number of fused-ring (bicyclic) bond motifs is 1. The van der Waals surface area contributed by atoms with Gasteiger partial charge in [-0.3, -0.25) is 0 Å². The van der Waals surface area contributed by atoms with Gasteiger partial charge in [0.25, 0.3) is 0 Å². The lowest BCUT2D eigenvalue weighted by atomic mass is 9.91. The van der Waals surface area contributed by atoms with Crippen molar-refractivity contribution in [1.82, 2.24) is 0 Å². The van der Waals surface area contributed by atoms with Gasteiger partial charge in [-0.25, -0.2) is 4.79 Å². The second-order valence-electron chi connectivity index (χ2n) is 4.88. The number of aromatic carboxylic acids is 1. The molecule has 0 aromatic heterocycles. The Morgan fingerprint density at radius 3 is 2.81 bits per heavy atom. The maximum absolute atomic E-state index is 11.2. The molecule has 1 heterocycles. The molecule has 0 saturated carbocycles. The predicted molar refractivity (Wildman–Crippen MR) is 82.2 cm³/mol. The minimum atomic E-state index is -0.960. The lowest BCUT2D eigenvalue weighted by molar-refractivity contribution is 0.0697. The standard InChI is InChI=1S/C17H13ClO3/c1-10-3-2-4-14(18)16(10)12-7-8-21-15-6-5-11(17(19)20)9-13(12)15/h2-7,9H,8H2,1H3,(H,19,20). The number of carboxylic acid groups (broad SMARTS) is 1. The van der Waals surface area contributed by atoms with E-state index in [1.807, 2.05) is 31.2 Å². The van der Waals surface area contributed by atoms with E-state index in [4.69, 9.17) is 21.4 Å². The van der Waals surface area contributed by atoms with Crippen LogP contribution in [-0.2, 0) is 0 Å². The van der Waals surface area contributed by atoms with Crippen LogP contribution in [0.15, 0.2) is 42.5 Å². The first-order valence-corrected chi connectivity index (χ1v) is 6.92. The van der Waals surface area contributed by atoms with Gasteiger partial charge in [0, 0.05) is 16.1 Å². The third-order valence-corrected chi connectivity index (χ3v) is 3.85. The van der Waals surface area contributed by atoms with E-state index < -0.39 is 5.97 Å². The van der Waals surface area contributed by atoms with Crippen LogP contribution in [0.1, 0.15) is 27.0 Å². The summed E-state index contributed by atoms with van der Waals surface area (Å²) >= 11 is 6.33. The first-order chi connectivity index (χ1) is 10.1. The van der Waals surface area contributed by atoms with Crippen molar-refractivity contribution >= 4 is 23.1 Å². The van der Waals surface area contributed by atoms with E-state index in [9.17, 15) is 4.79 Å². The monoisotopic (exact) mass is 300 g/mol. The molecule has 0 aliphatic carbocycles. The Morgan fingerprint density at radius 2 is 2.10 bits per heavy atom. The Morgan fingerprint density at radius 1 is 1.29 bits per heavy atom. The number of ether oxygens (including phenoxy) is 1. The molecule has 1 aliphatic rings. The summed E-state index contributed by atoms with van der Waals surface area (Å²) in [6.45, 7) is 2.43. The maximum atomic E-state index is 11.2. The number of benzene rings is 2. The van der Waals surface area contributed by atoms with Crippen molar-refractivity contribution in [2.75, 3.05) is 6.61 Å². The average molecular weight is 301 g/mol. The number of carboxylic acids is 1. The van der Waals surface area contributed by atoms with Gasteiger partial charge in [0.05, 0.1) is 5.56 Å². The third kappa shape index (κ3) is 2.41. The summed E-state index contributed by atoms with van der Waals surface area (Å²) in [5.41, 5.74) is 3.88. The van der Waals surface area contributed by atoms with Crippen LogP contribution in [0.25, 0.3) is 5.57 Å². The Hall–Kier alpha value is -2.26. The summed E-state index contributed by atoms with van der Waals surface area (Å²) in [7, 11) is 0. The fourth-order valence-electron chi connectivity index (χ4n) is 2.53. The number of carbonyl (C=O) groups is 1. The highest BCUT2D eigenvalue weighted by Crippen LogP contribution is 2.38. The lowest BCUT2D eigenvalue weighted by Gasteiger charge is -2.21. The molecular weight excluding hydrogens is 288 g/mol. The van der Waals surface area contributed by atoms with Crippen molar-refractivity contribution in [2.24, 2.45) is 0 Å². The summed E-state index contributed by atoms with van der Waals surface area (Å²) in [6.07, 6.45) is 1.93. The lowest BCUT2D eigenvalue weighted by Crippen LogP contribution is -2.08. The normalized spacial score (nSPS) is 13.1. The molecule has 2 aromatic carbocycles. The van der Waals surface area contributed by atoms with Gasteiger partial charge in [-0.2, -0.15) is 0 Å². The predicted octanol–water partition coefficient (Wildman–Crippen LogP) is 4.17. The van der Waals surface area contributed by atoms with E-state index in [-0.39, 0.29) is 5.56 Å². The second kappa shape index (κ2) is 5.26. The zero-order chi connectivity index (χ0) is 15.0.